The molecule has 0 saturated heterocycles. The van der Waals surface area contributed by atoms with Crippen molar-refractivity contribution in [2.45, 2.75) is 46.6 Å². The highest BCUT2D eigenvalue weighted by Crippen LogP contribution is 2.10. The molecule has 0 aliphatic rings. The molecule has 0 aliphatic carbocycles. The van der Waals surface area contributed by atoms with E-state index in [-0.39, 0.29) is 11.4 Å². The van der Waals surface area contributed by atoms with Crippen molar-refractivity contribution < 1.29 is 4.79 Å². The lowest BCUT2D eigenvalue weighted by molar-refractivity contribution is -0.121. The summed E-state index contributed by atoms with van der Waals surface area (Å²) in [6.45, 7) is 10.8. The van der Waals surface area contributed by atoms with E-state index in [0.29, 0.717) is 19.5 Å². The molecule has 0 bridgehead atoms. The lowest BCUT2D eigenvalue weighted by Gasteiger charge is -2.20. The van der Waals surface area contributed by atoms with E-state index in [1.807, 2.05) is 0 Å². The number of hydrogen-bond acceptors (Lipinski definition) is 3. The van der Waals surface area contributed by atoms with E-state index in [0.717, 1.165) is 0 Å². The molecule has 0 spiro atoms. The first-order valence-electron chi connectivity index (χ1n) is 5.59. The fraction of sp³-hybridized carbons (Fsp3) is 0.833. The summed E-state index contributed by atoms with van der Waals surface area (Å²) in [4.78, 5) is 11.4. The highest BCUT2D eigenvalue weighted by atomic mass is 16.1. The Morgan fingerprint density at radius 3 is 2.25 bits per heavy atom. The fourth-order valence-electron chi connectivity index (χ4n) is 0.999. The van der Waals surface area contributed by atoms with Crippen molar-refractivity contribution in [3.05, 3.63) is 0 Å². The molecule has 0 aromatic carbocycles. The predicted molar refractivity (Wildman–Crippen MR) is 64.8 cm³/mol. The van der Waals surface area contributed by atoms with E-state index < -0.39 is 5.41 Å². The first kappa shape index (κ1) is 14.9. The summed E-state index contributed by atoms with van der Waals surface area (Å²) in [7, 11) is 0. The molecule has 0 radical (unpaired) electrons. The molecule has 4 heteroatoms. The topological polar surface area (TPSA) is 64.9 Å². The Labute approximate surface area is 98.4 Å². The molecular weight excluding hydrogens is 202 g/mol. The summed E-state index contributed by atoms with van der Waals surface area (Å²) >= 11 is 0. The van der Waals surface area contributed by atoms with E-state index in [4.69, 9.17) is 5.26 Å². The quantitative estimate of drug-likeness (QED) is 0.744. The van der Waals surface area contributed by atoms with Crippen LogP contribution >= 0.6 is 0 Å². The van der Waals surface area contributed by atoms with Gasteiger partial charge in [0.1, 0.15) is 0 Å². The minimum atomic E-state index is -0.493. The molecule has 0 atom stereocenters. The number of amides is 1. The first-order chi connectivity index (χ1) is 7.16. The van der Waals surface area contributed by atoms with Gasteiger partial charge in [-0.2, -0.15) is 5.26 Å². The number of nitrogens with zero attached hydrogens (tertiary/aromatic N) is 1. The lowest BCUT2D eigenvalue weighted by Crippen LogP contribution is -2.39. The van der Waals surface area contributed by atoms with Gasteiger partial charge in [-0.05, 0) is 34.6 Å². The Hall–Kier alpha value is -1.08. The number of hydrogen-bond donors (Lipinski definition) is 2. The molecule has 0 rings (SSSR count). The third kappa shape index (κ3) is 8.25. The molecule has 0 aromatic rings. The fourth-order valence-corrected chi connectivity index (χ4v) is 0.999. The summed E-state index contributed by atoms with van der Waals surface area (Å²) in [5, 5.41) is 14.8. The molecule has 0 aliphatic heterocycles. The first-order valence-corrected chi connectivity index (χ1v) is 5.59. The monoisotopic (exact) mass is 225 g/mol. The van der Waals surface area contributed by atoms with E-state index in [9.17, 15) is 4.79 Å². The maximum absolute atomic E-state index is 11.4. The van der Waals surface area contributed by atoms with Crippen LogP contribution in [0.3, 0.4) is 0 Å². The van der Waals surface area contributed by atoms with Crippen LogP contribution in [0.4, 0.5) is 0 Å². The third-order valence-corrected chi connectivity index (χ3v) is 2.04. The normalized spacial score (nSPS) is 12.0. The molecule has 0 aromatic heterocycles. The van der Waals surface area contributed by atoms with E-state index in [1.54, 1.807) is 13.8 Å². The minimum absolute atomic E-state index is 0.0138. The molecular formula is C12H23N3O. The van der Waals surface area contributed by atoms with Gasteiger partial charge in [0.25, 0.3) is 0 Å². The van der Waals surface area contributed by atoms with Crippen LogP contribution in [0.1, 0.15) is 41.0 Å². The van der Waals surface area contributed by atoms with Crippen molar-refractivity contribution in [1.82, 2.24) is 10.6 Å². The molecule has 0 unspecified atom stereocenters. The molecule has 0 fully saturated rings. The minimum Gasteiger partial charge on any atom is -0.354 e. The number of nitriles is 1. The number of carbonyl (C=O) groups excluding carboxylic acids is 1. The van der Waals surface area contributed by atoms with Gasteiger partial charge < -0.3 is 10.6 Å². The Bertz CT molecular complexity index is 271. The van der Waals surface area contributed by atoms with Crippen LogP contribution in [0.15, 0.2) is 0 Å². The van der Waals surface area contributed by atoms with Crippen LogP contribution in [0.25, 0.3) is 0 Å². The van der Waals surface area contributed by atoms with Gasteiger partial charge in [0.05, 0.1) is 11.5 Å². The van der Waals surface area contributed by atoms with Crippen LogP contribution in [-0.2, 0) is 4.79 Å². The van der Waals surface area contributed by atoms with Crippen LogP contribution in [-0.4, -0.2) is 24.5 Å². The summed E-state index contributed by atoms with van der Waals surface area (Å²) in [6.07, 6.45) is 0.443. The highest BCUT2D eigenvalue weighted by molar-refractivity contribution is 5.76. The number of carbonyl (C=O) groups is 1. The third-order valence-electron chi connectivity index (χ3n) is 2.04. The maximum atomic E-state index is 11.4. The molecule has 16 heavy (non-hydrogen) atoms. The van der Waals surface area contributed by atoms with Gasteiger partial charge >= 0.3 is 0 Å². The van der Waals surface area contributed by atoms with E-state index in [1.165, 1.54) is 0 Å². The second-order valence-electron chi connectivity index (χ2n) is 5.70. The predicted octanol–water partition coefficient (Wildman–Crippen LogP) is 1.43. The summed E-state index contributed by atoms with van der Waals surface area (Å²) in [5.41, 5.74) is -0.459. The molecule has 0 saturated carbocycles. The van der Waals surface area contributed by atoms with Gasteiger partial charge in [-0.3, -0.25) is 4.79 Å². The molecule has 92 valence electrons. The average molecular weight is 225 g/mol. The standard InChI is InChI=1S/C12H23N3O/c1-11(2,3)15-7-6-10(16)14-9-12(4,5)8-13/h15H,6-7,9H2,1-5H3,(H,14,16). The lowest BCUT2D eigenvalue weighted by atomic mass is 9.96. The molecule has 0 heterocycles. The van der Waals surface area contributed by atoms with Gasteiger partial charge in [-0.1, -0.05) is 0 Å². The second kappa shape index (κ2) is 5.86. The van der Waals surface area contributed by atoms with Crippen molar-refractivity contribution >= 4 is 5.91 Å². The number of nitrogens with one attached hydrogen (secondary N) is 2. The van der Waals surface area contributed by atoms with Crippen molar-refractivity contribution in [3.63, 3.8) is 0 Å². The Balaban J connectivity index is 3.74. The van der Waals surface area contributed by atoms with Gasteiger partial charge in [0.2, 0.25) is 5.91 Å². The van der Waals surface area contributed by atoms with E-state index >= 15 is 0 Å². The van der Waals surface area contributed by atoms with Crippen LogP contribution < -0.4 is 10.6 Å². The highest BCUT2D eigenvalue weighted by Gasteiger charge is 2.17. The Kier molecular flexibility index (Phi) is 5.46. The summed E-state index contributed by atoms with van der Waals surface area (Å²) < 4.78 is 0. The molecule has 2 N–H and O–H groups in total. The summed E-state index contributed by atoms with van der Waals surface area (Å²) in [6, 6.07) is 2.15. The largest absolute Gasteiger partial charge is 0.354 e. The van der Waals surface area contributed by atoms with Crippen LogP contribution in [0.2, 0.25) is 0 Å². The maximum Gasteiger partial charge on any atom is 0.221 e. The molecule has 1 amide bonds. The zero-order chi connectivity index (χ0) is 12.8. The van der Waals surface area contributed by atoms with Gasteiger partial charge in [-0.15, -0.1) is 0 Å². The Morgan fingerprint density at radius 2 is 1.81 bits per heavy atom. The van der Waals surface area contributed by atoms with Crippen LogP contribution in [0.5, 0.6) is 0 Å². The van der Waals surface area contributed by atoms with Crippen molar-refractivity contribution in [2.75, 3.05) is 13.1 Å². The van der Waals surface area contributed by atoms with Gasteiger partial charge in [0, 0.05) is 25.0 Å². The number of rotatable bonds is 5. The molecule has 4 nitrogen and oxygen atoms in total. The van der Waals surface area contributed by atoms with E-state index in [2.05, 4.69) is 37.5 Å². The van der Waals surface area contributed by atoms with Crippen molar-refractivity contribution in [3.8, 4) is 6.07 Å². The van der Waals surface area contributed by atoms with Crippen molar-refractivity contribution in [1.29, 1.82) is 5.26 Å². The second-order valence-corrected chi connectivity index (χ2v) is 5.70. The van der Waals surface area contributed by atoms with Crippen molar-refractivity contribution in [2.24, 2.45) is 5.41 Å². The Morgan fingerprint density at radius 1 is 1.25 bits per heavy atom. The SMILES string of the molecule is CC(C)(C#N)CNC(=O)CCNC(C)(C)C. The van der Waals surface area contributed by atoms with Gasteiger partial charge in [-0.25, -0.2) is 0 Å². The average Bonchev–Trinajstić information content (AvgIpc) is 2.13. The zero-order valence-electron chi connectivity index (χ0n) is 11.0. The smallest absolute Gasteiger partial charge is 0.221 e. The van der Waals surface area contributed by atoms with Crippen LogP contribution in [0, 0.1) is 16.7 Å². The summed E-state index contributed by atoms with van der Waals surface area (Å²) in [5.74, 6) is -0.0138. The zero-order valence-corrected chi connectivity index (χ0v) is 11.0. The van der Waals surface area contributed by atoms with Gasteiger partial charge in [0.15, 0.2) is 0 Å².